The molecule has 1 atom stereocenters. The number of halogens is 1. The molecule has 0 aromatic heterocycles. The molecule has 146 valence electrons. The van der Waals surface area contributed by atoms with Gasteiger partial charge in [0, 0.05) is 34.8 Å². The Morgan fingerprint density at radius 3 is 2.75 bits per heavy atom. The number of carbonyl (C=O) groups is 2. The SMILES string of the molecule is Cc1cc(C(=O)N2CCCC2C(=O)NCc2cccc(Br)c2)ccc1[N+](=O)[O-]. The summed E-state index contributed by atoms with van der Waals surface area (Å²) in [5, 5.41) is 13.9. The van der Waals surface area contributed by atoms with Crippen molar-refractivity contribution in [1.82, 2.24) is 10.2 Å². The smallest absolute Gasteiger partial charge is 0.272 e. The number of likely N-dealkylation sites (tertiary alicyclic amines) is 1. The molecule has 0 radical (unpaired) electrons. The van der Waals surface area contributed by atoms with Crippen LogP contribution in [0.5, 0.6) is 0 Å². The van der Waals surface area contributed by atoms with E-state index in [1.165, 1.54) is 18.2 Å². The first-order valence-corrected chi connectivity index (χ1v) is 9.74. The quantitative estimate of drug-likeness (QED) is 0.561. The number of nitrogens with zero attached hydrogens (tertiary/aromatic N) is 2. The Balaban J connectivity index is 1.69. The van der Waals surface area contributed by atoms with E-state index in [2.05, 4.69) is 21.2 Å². The summed E-state index contributed by atoms with van der Waals surface area (Å²) in [6.45, 7) is 2.47. The average Bonchev–Trinajstić information content (AvgIpc) is 3.15. The van der Waals surface area contributed by atoms with Crippen LogP contribution < -0.4 is 5.32 Å². The normalized spacial score (nSPS) is 16.1. The lowest BCUT2D eigenvalue weighted by molar-refractivity contribution is -0.385. The summed E-state index contributed by atoms with van der Waals surface area (Å²) < 4.78 is 0.936. The molecule has 7 nitrogen and oxygen atoms in total. The Kier molecular flexibility index (Phi) is 6.08. The van der Waals surface area contributed by atoms with E-state index in [0.717, 1.165) is 16.5 Å². The summed E-state index contributed by atoms with van der Waals surface area (Å²) in [6, 6.07) is 11.4. The van der Waals surface area contributed by atoms with Crippen LogP contribution in [0.2, 0.25) is 0 Å². The summed E-state index contributed by atoms with van der Waals surface area (Å²) in [5.74, 6) is -0.470. The van der Waals surface area contributed by atoms with Crippen molar-refractivity contribution in [2.24, 2.45) is 0 Å². The van der Waals surface area contributed by atoms with Gasteiger partial charge in [0.2, 0.25) is 5.91 Å². The second-order valence-corrected chi connectivity index (χ2v) is 7.68. The predicted octanol–water partition coefficient (Wildman–Crippen LogP) is 3.59. The molecule has 1 fully saturated rings. The molecule has 0 saturated carbocycles. The molecular weight excluding hydrogens is 426 g/mol. The van der Waals surface area contributed by atoms with Crippen LogP contribution in [0, 0.1) is 17.0 Å². The minimum atomic E-state index is -0.532. The minimum Gasteiger partial charge on any atom is -0.350 e. The average molecular weight is 446 g/mol. The van der Waals surface area contributed by atoms with E-state index in [-0.39, 0.29) is 17.5 Å². The summed E-state index contributed by atoms with van der Waals surface area (Å²) in [5.41, 5.74) is 1.71. The van der Waals surface area contributed by atoms with E-state index in [0.29, 0.717) is 30.6 Å². The summed E-state index contributed by atoms with van der Waals surface area (Å²) in [7, 11) is 0. The van der Waals surface area contributed by atoms with E-state index >= 15 is 0 Å². The fourth-order valence-electron chi connectivity index (χ4n) is 3.40. The largest absolute Gasteiger partial charge is 0.350 e. The van der Waals surface area contributed by atoms with Crippen molar-refractivity contribution >= 4 is 33.4 Å². The number of amides is 2. The van der Waals surface area contributed by atoms with Crippen LogP contribution in [0.4, 0.5) is 5.69 Å². The molecular formula is C20H20BrN3O4. The van der Waals surface area contributed by atoms with Gasteiger partial charge < -0.3 is 10.2 Å². The summed E-state index contributed by atoms with van der Waals surface area (Å²) in [6.07, 6.45) is 1.34. The van der Waals surface area contributed by atoms with E-state index in [1.54, 1.807) is 11.8 Å². The summed E-state index contributed by atoms with van der Waals surface area (Å²) >= 11 is 3.40. The predicted molar refractivity (Wildman–Crippen MR) is 108 cm³/mol. The second-order valence-electron chi connectivity index (χ2n) is 6.76. The van der Waals surface area contributed by atoms with Gasteiger partial charge in [-0.15, -0.1) is 0 Å². The van der Waals surface area contributed by atoms with Gasteiger partial charge in [-0.1, -0.05) is 28.1 Å². The maximum atomic E-state index is 12.9. The maximum Gasteiger partial charge on any atom is 0.272 e. The van der Waals surface area contributed by atoms with Gasteiger partial charge in [0.1, 0.15) is 6.04 Å². The second kappa shape index (κ2) is 8.52. The van der Waals surface area contributed by atoms with Crippen LogP contribution in [-0.2, 0) is 11.3 Å². The third kappa shape index (κ3) is 4.39. The van der Waals surface area contributed by atoms with Gasteiger partial charge in [-0.2, -0.15) is 0 Å². The highest BCUT2D eigenvalue weighted by atomic mass is 79.9. The number of nitrogens with one attached hydrogen (secondary N) is 1. The first kappa shape index (κ1) is 20.0. The molecule has 3 rings (SSSR count). The standard InChI is InChI=1S/C20H20BrN3O4/c1-13-10-15(7-8-17(13)24(27)28)20(26)23-9-3-6-18(23)19(25)22-12-14-4-2-5-16(21)11-14/h2,4-5,7-8,10-11,18H,3,6,9,12H2,1H3,(H,22,25). The summed E-state index contributed by atoms with van der Waals surface area (Å²) in [4.78, 5) is 37.6. The molecule has 1 aliphatic heterocycles. The number of hydrogen-bond acceptors (Lipinski definition) is 4. The van der Waals surface area contributed by atoms with Crippen LogP contribution in [0.1, 0.15) is 34.3 Å². The Bertz CT molecular complexity index is 931. The van der Waals surface area contributed by atoms with E-state index in [4.69, 9.17) is 0 Å². The van der Waals surface area contributed by atoms with Gasteiger partial charge in [0.05, 0.1) is 4.92 Å². The van der Waals surface area contributed by atoms with Crippen LogP contribution in [0.15, 0.2) is 46.9 Å². The fourth-order valence-corrected chi connectivity index (χ4v) is 3.84. The highest BCUT2D eigenvalue weighted by Gasteiger charge is 2.34. The number of nitro benzene ring substituents is 1. The highest BCUT2D eigenvalue weighted by Crippen LogP contribution is 2.24. The number of carbonyl (C=O) groups excluding carboxylic acids is 2. The maximum absolute atomic E-state index is 12.9. The Morgan fingerprint density at radius 2 is 2.07 bits per heavy atom. The Hall–Kier alpha value is -2.74. The first-order valence-electron chi connectivity index (χ1n) is 8.95. The van der Waals surface area contributed by atoms with Crippen LogP contribution in [0.25, 0.3) is 0 Å². The highest BCUT2D eigenvalue weighted by molar-refractivity contribution is 9.10. The monoisotopic (exact) mass is 445 g/mol. The zero-order valence-corrected chi connectivity index (χ0v) is 16.9. The first-order chi connectivity index (χ1) is 13.4. The van der Waals surface area contributed by atoms with Gasteiger partial charge in [0.15, 0.2) is 0 Å². The molecule has 2 amide bonds. The van der Waals surface area contributed by atoms with Crippen molar-refractivity contribution in [3.05, 3.63) is 73.7 Å². The molecule has 1 heterocycles. The minimum absolute atomic E-state index is 0.0266. The number of benzene rings is 2. The molecule has 1 unspecified atom stereocenters. The van der Waals surface area contributed by atoms with Gasteiger partial charge in [-0.3, -0.25) is 19.7 Å². The Labute approximate surface area is 171 Å². The number of aryl methyl sites for hydroxylation is 1. The van der Waals surface area contributed by atoms with Crippen LogP contribution in [-0.4, -0.2) is 34.2 Å². The molecule has 28 heavy (non-hydrogen) atoms. The lowest BCUT2D eigenvalue weighted by Crippen LogP contribution is -2.45. The third-order valence-electron chi connectivity index (χ3n) is 4.81. The molecule has 2 aromatic rings. The molecule has 0 spiro atoms. The van der Waals surface area contributed by atoms with Gasteiger partial charge in [-0.05, 0) is 49.6 Å². The lowest BCUT2D eigenvalue weighted by atomic mass is 10.1. The van der Waals surface area contributed by atoms with E-state index in [1.807, 2.05) is 24.3 Å². The molecule has 0 aliphatic carbocycles. The van der Waals surface area contributed by atoms with Crippen LogP contribution >= 0.6 is 15.9 Å². The van der Waals surface area contributed by atoms with Crippen molar-refractivity contribution in [2.45, 2.75) is 32.4 Å². The molecule has 1 saturated heterocycles. The van der Waals surface area contributed by atoms with Crippen molar-refractivity contribution in [1.29, 1.82) is 0 Å². The fraction of sp³-hybridized carbons (Fsp3) is 0.300. The van der Waals surface area contributed by atoms with Crippen LogP contribution in [0.3, 0.4) is 0 Å². The topological polar surface area (TPSA) is 92.6 Å². The molecule has 1 N–H and O–H groups in total. The zero-order valence-electron chi connectivity index (χ0n) is 15.4. The lowest BCUT2D eigenvalue weighted by Gasteiger charge is -2.24. The van der Waals surface area contributed by atoms with Gasteiger partial charge in [-0.25, -0.2) is 0 Å². The number of hydrogen-bond donors (Lipinski definition) is 1. The Morgan fingerprint density at radius 1 is 1.29 bits per heavy atom. The third-order valence-corrected chi connectivity index (χ3v) is 5.31. The van der Waals surface area contributed by atoms with Crippen molar-refractivity contribution in [3.8, 4) is 0 Å². The number of nitro groups is 1. The van der Waals surface area contributed by atoms with Gasteiger partial charge >= 0.3 is 0 Å². The molecule has 1 aliphatic rings. The zero-order chi connectivity index (χ0) is 20.3. The number of rotatable bonds is 5. The van der Waals surface area contributed by atoms with Crippen molar-refractivity contribution in [3.63, 3.8) is 0 Å². The molecule has 8 heteroatoms. The van der Waals surface area contributed by atoms with Gasteiger partial charge in [0.25, 0.3) is 11.6 Å². The van der Waals surface area contributed by atoms with Crippen molar-refractivity contribution in [2.75, 3.05) is 6.54 Å². The van der Waals surface area contributed by atoms with E-state index < -0.39 is 11.0 Å². The van der Waals surface area contributed by atoms with Crippen molar-refractivity contribution < 1.29 is 14.5 Å². The molecule has 2 aromatic carbocycles. The van der Waals surface area contributed by atoms with E-state index in [9.17, 15) is 19.7 Å². The molecule has 0 bridgehead atoms.